The summed E-state index contributed by atoms with van der Waals surface area (Å²) >= 11 is 0. The molecule has 0 atom stereocenters. The molecule has 0 unspecified atom stereocenters. The molecule has 0 saturated carbocycles. The zero-order valence-corrected chi connectivity index (χ0v) is 15.7. The molecule has 3 aromatic heterocycles. The van der Waals surface area contributed by atoms with E-state index in [9.17, 15) is 4.79 Å². The largest absolute Gasteiger partial charge is 0.368 e. The van der Waals surface area contributed by atoms with Crippen molar-refractivity contribution >= 4 is 17.4 Å². The zero-order chi connectivity index (χ0) is 18.8. The summed E-state index contributed by atoms with van der Waals surface area (Å²) in [6.45, 7) is 7.16. The summed E-state index contributed by atoms with van der Waals surface area (Å²) in [5, 5.41) is 4.21. The molecule has 140 valence electrons. The number of anilines is 1. The predicted octanol–water partition coefficient (Wildman–Crippen LogP) is 1.42. The van der Waals surface area contributed by atoms with Crippen molar-refractivity contribution in [2.75, 3.05) is 31.1 Å². The maximum atomic E-state index is 12.7. The molecule has 0 N–H and O–H groups in total. The van der Waals surface area contributed by atoms with Crippen molar-refractivity contribution in [3.63, 3.8) is 0 Å². The molecule has 4 rings (SSSR count). The van der Waals surface area contributed by atoms with Gasteiger partial charge in [0.25, 0.3) is 5.78 Å². The van der Waals surface area contributed by atoms with Crippen LogP contribution in [0.5, 0.6) is 0 Å². The predicted molar refractivity (Wildman–Crippen MR) is 102 cm³/mol. The first-order valence-corrected chi connectivity index (χ1v) is 9.22. The van der Waals surface area contributed by atoms with Gasteiger partial charge in [-0.3, -0.25) is 9.78 Å². The van der Waals surface area contributed by atoms with E-state index < -0.39 is 0 Å². The Morgan fingerprint density at radius 1 is 1.11 bits per heavy atom. The molecule has 0 radical (unpaired) electrons. The number of hydrogen-bond acceptors (Lipinski definition) is 6. The van der Waals surface area contributed by atoms with Crippen LogP contribution in [0.25, 0.3) is 5.78 Å². The molecule has 0 spiro atoms. The van der Waals surface area contributed by atoms with Crippen molar-refractivity contribution in [3.8, 4) is 0 Å². The average Bonchev–Trinajstić information content (AvgIpc) is 3.17. The number of carbonyl (C=O) groups excluding carboxylic acids is 1. The second kappa shape index (κ2) is 7.30. The number of hydrogen-bond donors (Lipinski definition) is 0. The van der Waals surface area contributed by atoms with E-state index in [1.807, 2.05) is 30.9 Å². The van der Waals surface area contributed by atoms with E-state index in [0.717, 1.165) is 48.8 Å². The van der Waals surface area contributed by atoms with Gasteiger partial charge >= 0.3 is 0 Å². The van der Waals surface area contributed by atoms with E-state index in [4.69, 9.17) is 0 Å². The van der Waals surface area contributed by atoms with Crippen LogP contribution in [0.2, 0.25) is 0 Å². The summed E-state index contributed by atoms with van der Waals surface area (Å²) in [5.74, 6) is 0.800. The van der Waals surface area contributed by atoms with Crippen LogP contribution in [-0.4, -0.2) is 61.6 Å². The summed E-state index contributed by atoms with van der Waals surface area (Å²) < 4.78 is 1.74. The lowest BCUT2D eigenvalue weighted by molar-refractivity contribution is -0.131. The third kappa shape index (κ3) is 3.47. The molecule has 1 fully saturated rings. The molecule has 1 aliphatic rings. The maximum Gasteiger partial charge on any atom is 0.252 e. The standard InChI is InChI=1S/C19H23N7O/c1-14-17(15(2)26-19(23-14)21-13-22-26)3-4-18(27)25-11-9-24(10-12-25)16-5-7-20-8-6-16/h5-8,13H,3-4,9-12H2,1-2H3. The van der Waals surface area contributed by atoms with Crippen LogP contribution in [0.1, 0.15) is 23.4 Å². The second-order valence-electron chi connectivity index (χ2n) is 6.81. The van der Waals surface area contributed by atoms with Gasteiger partial charge in [0.1, 0.15) is 6.33 Å². The Kier molecular flexibility index (Phi) is 4.70. The highest BCUT2D eigenvalue weighted by molar-refractivity contribution is 5.77. The normalized spacial score (nSPS) is 14.7. The fraction of sp³-hybridized carbons (Fsp3) is 0.421. The highest BCUT2D eigenvalue weighted by atomic mass is 16.2. The summed E-state index contributed by atoms with van der Waals surface area (Å²) in [5.41, 5.74) is 4.17. The van der Waals surface area contributed by atoms with Crippen LogP contribution >= 0.6 is 0 Å². The molecule has 27 heavy (non-hydrogen) atoms. The van der Waals surface area contributed by atoms with Crippen molar-refractivity contribution in [2.45, 2.75) is 26.7 Å². The average molecular weight is 365 g/mol. The molecule has 0 aromatic carbocycles. The summed E-state index contributed by atoms with van der Waals surface area (Å²) in [4.78, 5) is 29.6. The smallest absolute Gasteiger partial charge is 0.252 e. The number of aromatic nitrogens is 5. The Morgan fingerprint density at radius 2 is 1.85 bits per heavy atom. The lowest BCUT2D eigenvalue weighted by atomic mass is 10.1. The minimum Gasteiger partial charge on any atom is -0.368 e. The Hall–Kier alpha value is -3.03. The van der Waals surface area contributed by atoms with Crippen LogP contribution in [0, 0.1) is 13.8 Å². The van der Waals surface area contributed by atoms with Gasteiger partial charge in [-0.2, -0.15) is 10.1 Å². The summed E-state index contributed by atoms with van der Waals surface area (Å²) in [7, 11) is 0. The van der Waals surface area contributed by atoms with Crippen molar-refractivity contribution < 1.29 is 4.79 Å². The van der Waals surface area contributed by atoms with Crippen molar-refractivity contribution in [2.24, 2.45) is 0 Å². The third-order valence-electron chi connectivity index (χ3n) is 5.24. The first kappa shape index (κ1) is 17.4. The number of piperazine rings is 1. The Balaban J connectivity index is 1.37. The molecule has 1 amide bonds. The van der Waals surface area contributed by atoms with E-state index >= 15 is 0 Å². The molecule has 4 heterocycles. The maximum absolute atomic E-state index is 12.7. The molecule has 1 saturated heterocycles. The fourth-order valence-electron chi connectivity index (χ4n) is 3.68. The highest BCUT2D eigenvalue weighted by Crippen LogP contribution is 2.18. The second-order valence-corrected chi connectivity index (χ2v) is 6.81. The minimum atomic E-state index is 0.196. The highest BCUT2D eigenvalue weighted by Gasteiger charge is 2.22. The molecular formula is C19H23N7O. The molecule has 1 aliphatic heterocycles. The Morgan fingerprint density at radius 3 is 2.59 bits per heavy atom. The van der Waals surface area contributed by atoms with E-state index in [-0.39, 0.29) is 5.91 Å². The van der Waals surface area contributed by atoms with Crippen molar-refractivity contribution in [3.05, 3.63) is 47.8 Å². The van der Waals surface area contributed by atoms with Gasteiger partial charge in [0.2, 0.25) is 5.91 Å². The van der Waals surface area contributed by atoms with Gasteiger partial charge in [-0.05, 0) is 38.0 Å². The fourth-order valence-corrected chi connectivity index (χ4v) is 3.68. The quantitative estimate of drug-likeness (QED) is 0.696. The molecule has 3 aromatic rings. The minimum absolute atomic E-state index is 0.196. The lowest BCUT2D eigenvalue weighted by Crippen LogP contribution is -2.48. The van der Waals surface area contributed by atoms with Gasteiger partial charge < -0.3 is 9.80 Å². The van der Waals surface area contributed by atoms with Gasteiger partial charge in [-0.1, -0.05) is 0 Å². The Bertz CT molecular complexity index is 945. The van der Waals surface area contributed by atoms with Gasteiger partial charge in [-0.25, -0.2) is 9.50 Å². The topological polar surface area (TPSA) is 79.5 Å². The summed E-state index contributed by atoms with van der Waals surface area (Å²) in [6.07, 6.45) is 6.27. The molecule has 0 aliphatic carbocycles. The number of fused-ring (bicyclic) bond motifs is 1. The summed E-state index contributed by atoms with van der Waals surface area (Å²) in [6, 6.07) is 4.02. The molecule has 8 nitrogen and oxygen atoms in total. The number of aryl methyl sites for hydroxylation is 2. The van der Waals surface area contributed by atoms with E-state index in [1.165, 1.54) is 6.33 Å². The van der Waals surface area contributed by atoms with Gasteiger partial charge in [0.05, 0.1) is 0 Å². The first-order chi connectivity index (χ1) is 13.1. The molecule has 8 heteroatoms. The monoisotopic (exact) mass is 365 g/mol. The van der Waals surface area contributed by atoms with Crippen molar-refractivity contribution in [1.82, 2.24) is 29.5 Å². The Labute approximate surface area is 157 Å². The van der Waals surface area contributed by atoms with Crippen LogP contribution in [0.3, 0.4) is 0 Å². The van der Waals surface area contributed by atoms with Crippen LogP contribution < -0.4 is 4.90 Å². The number of rotatable bonds is 4. The van der Waals surface area contributed by atoms with Crippen LogP contribution in [0.15, 0.2) is 30.9 Å². The number of pyridine rings is 1. The SMILES string of the molecule is Cc1nc2ncnn2c(C)c1CCC(=O)N1CCN(c2ccncc2)CC1. The number of nitrogens with zero attached hydrogens (tertiary/aromatic N) is 7. The van der Waals surface area contributed by atoms with E-state index in [2.05, 4.69) is 25.0 Å². The van der Waals surface area contributed by atoms with E-state index in [1.54, 1.807) is 16.9 Å². The number of amides is 1. The molecule has 0 bridgehead atoms. The third-order valence-corrected chi connectivity index (χ3v) is 5.24. The van der Waals surface area contributed by atoms with E-state index in [0.29, 0.717) is 18.6 Å². The zero-order valence-electron chi connectivity index (χ0n) is 15.7. The van der Waals surface area contributed by atoms with Crippen molar-refractivity contribution in [1.29, 1.82) is 0 Å². The van der Waals surface area contributed by atoms with Gasteiger partial charge in [-0.15, -0.1) is 0 Å². The van der Waals surface area contributed by atoms with Crippen LogP contribution in [-0.2, 0) is 11.2 Å². The lowest BCUT2D eigenvalue weighted by Gasteiger charge is -2.36. The number of carbonyl (C=O) groups is 1. The molecular weight excluding hydrogens is 342 g/mol. The van der Waals surface area contributed by atoms with Gasteiger partial charge in [0.15, 0.2) is 0 Å². The van der Waals surface area contributed by atoms with Gasteiger partial charge in [0, 0.05) is 62.1 Å². The first-order valence-electron chi connectivity index (χ1n) is 9.22. The van der Waals surface area contributed by atoms with Crippen LogP contribution in [0.4, 0.5) is 5.69 Å².